The van der Waals surface area contributed by atoms with E-state index < -0.39 is 17.6 Å². The summed E-state index contributed by atoms with van der Waals surface area (Å²) in [5.41, 5.74) is 7.64. The molecule has 16 heteroatoms. The van der Waals surface area contributed by atoms with Gasteiger partial charge in [-0.25, -0.2) is 23.2 Å². The van der Waals surface area contributed by atoms with E-state index in [-0.39, 0.29) is 48.6 Å². The van der Waals surface area contributed by atoms with Gasteiger partial charge < -0.3 is 39.5 Å². The van der Waals surface area contributed by atoms with Gasteiger partial charge in [0.2, 0.25) is 0 Å². The zero-order valence-corrected chi connectivity index (χ0v) is 36.1. The summed E-state index contributed by atoms with van der Waals surface area (Å²) in [6.07, 6.45) is 0. The molecule has 14 nitrogen and oxygen atoms in total. The highest BCUT2D eigenvalue weighted by atomic mass is 19.1. The summed E-state index contributed by atoms with van der Waals surface area (Å²) in [6.45, 7) is 11.7. The molecule has 2 aliphatic heterocycles. The number of hydrogen-bond donors (Lipinski definition) is 1. The molecular weight excluding hydrogens is 801 g/mol. The van der Waals surface area contributed by atoms with Gasteiger partial charge in [0.25, 0.3) is 0 Å². The predicted octanol–water partition coefficient (Wildman–Crippen LogP) is 6.12. The second kappa shape index (κ2) is 22.7. The Morgan fingerprint density at radius 1 is 0.581 bits per heavy atom. The van der Waals surface area contributed by atoms with Crippen LogP contribution in [0.25, 0.3) is 0 Å². The summed E-state index contributed by atoms with van der Waals surface area (Å²) < 4.78 is 44.6. The second-order valence-electron chi connectivity index (χ2n) is 14.7. The number of benzene rings is 4. The van der Waals surface area contributed by atoms with Crippen LogP contribution in [-0.4, -0.2) is 137 Å². The van der Waals surface area contributed by atoms with Gasteiger partial charge in [0.05, 0.1) is 46.5 Å². The molecule has 0 aliphatic carbocycles. The van der Waals surface area contributed by atoms with Gasteiger partial charge in [-0.15, -0.1) is 0 Å². The summed E-state index contributed by atoms with van der Waals surface area (Å²) in [6, 6.07) is 22.2. The van der Waals surface area contributed by atoms with Crippen LogP contribution in [0.4, 0.5) is 29.7 Å². The molecule has 0 spiro atoms. The molecular formula is C46H57F2N7O7. The number of halogens is 2. The number of esters is 1. The maximum absolute atomic E-state index is 14.8. The molecule has 4 aromatic carbocycles. The molecule has 2 saturated heterocycles. The van der Waals surface area contributed by atoms with Crippen molar-refractivity contribution in [3.8, 4) is 11.5 Å². The smallest absolute Gasteiger partial charge is 0.337 e. The van der Waals surface area contributed by atoms with Crippen molar-refractivity contribution in [2.45, 2.75) is 26.9 Å². The maximum Gasteiger partial charge on any atom is 0.337 e. The van der Waals surface area contributed by atoms with E-state index in [0.29, 0.717) is 60.2 Å². The van der Waals surface area contributed by atoms with Crippen molar-refractivity contribution < 1.29 is 42.2 Å². The van der Waals surface area contributed by atoms with E-state index in [2.05, 4.69) is 28.4 Å². The number of nitrogens with two attached hydrogens (primary N) is 1. The van der Waals surface area contributed by atoms with Crippen molar-refractivity contribution in [2.24, 2.45) is 5.73 Å². The monoisotopic (exact) mass is 857 g/mol. The van der Waals surface area contributed by atoms with Crippen molar-refractivity contribution in [3.63, 3.8) is 0 Å². The number of Topliss-reactive ketones (excluding diaryl/α,β-unsaturated/α-hetero) is 1. The van der Waals surface area contributed by atoms with Crippen LogP contribution in [0.15, 0.2) is 84.9 Å². The lowest BCUT2D eigenvalue weighted by Gasteiger charge is -2.37. The summed E-state index contributed by atoms with van der Waals surface area (Å²) in [5.74, 6) is -0.707. The fourth-order valence-corrected chi connectivity index (χ4v) is 7.14. The van der Waals surface area contributed by atoms with Crippen LogP contribution in [-0.2, 0) is 17.8 Å². The highest BCUT2D eigenvalue weighted by Crippen LogP contribution is 2.26. The fourth-order valence-electron chi connectivity index (χ4n) is 7.14. The zero-order chi connectivity index (χ0) is 44.8. The summed E-state index contributed by atoms with van der Waals surface area (Å²) in [4.78, 5) is 61.5. The lowest BCUT2D eigenvalue weighted by molar-refractivity contribution is 0.0600. The Morgan fingerprint density at radius 3 is 1.31 bits per heavy atom. The first kappa shape index (κ1) is 47.0. The second-order valence-corrected chi connectivity index (χ2v) is 14.7. The first-order valence-corrected chi connectivity index (χ1v) is 20.7. The lowest BCUT2D eigenvalue weighted by Crippen LogP contribution is -2.52. The Labute approximate surface area is 362 Å². The number of hydrogen-bond acceptors (Lipinski definition) is 10. The van der Waals surface area contributed by atoms with Crippen LogP contribution in [0, 0.1) is 11.6 Å². The van der Waals surface area contributed by atoms with Gasteiger partial charge in [0, 0.05) is 80.4 Å². The third-order valence-electron chi connectivity index (χ3n) is 11.1. The zero-order valence-electron chi connectivity index (χ0n) is 36.1. The van der Waals surface area contributed by atoms with Crippen molar-refractivity contribution >= 4 is 35.2 Å². The van der Waals surface area contributed by atoms with E-state index in [1.807, 2.05) is 0 Å². The molecule has 2 fully saturated rings. The number of nitrogens with zero attached hydrogens (tertiary/aromatic N) is 6. The summed E-state index contributed by atoms with van der Waals surface area (Å²) >= 11 is 0. The number of methoxy groups -OCH3 is 3. The van der Waals surface area contributed by atoms with Crippen molar-refractivity contribution in [3.05, 3.63) is 119 Å². The van der Waals surface area contributed by atoms with Gasteiger partial charge in [0.15, 0.2) is 5.78 Å². The predicted molar refractivity (Wildman–Crippen MR) is 234 cm³/mol. The Balaban J connectivity index is 0.000000234. The van der Waals surface area contributed by atoms with Crippen molar-refractivity contribution in [2.75, 3.05) is 103 Å². The van der Waals surface area contributed by atoms with Crippen LogP contribution >= 0.6 is 0 Å². The topological polar surface area (TPSA) is 141 Å². The number of carbonyl (C=O) groups is 4. The summed E-state index contributed by atoms with van der Waals surface area (Å²) in [7, 11) is 4.39. The SMILES string of the molecule is CCN1CCN(C(=O)N(Cc2ccc(C(=O)CN)cc2F)c2ccc(OC)cc2)CC1.CCN1CCN(C(=O)N(Cc2ccc(C(=O)OC)cc2F)c2ccc(OC)cc2)CC1. The standard InChI is InChI=1S/C23H29FN4O3.C23H28FN3O4/c1-3-26-10-12-27(13-11-26)23(30)28(19-6-8-20(31-2)9-7-19)16-18-5-4-17(14-21(18)24)22(29)15-25;1-4-25-11-13-26(14-12-25)23(29)27(19-7-9-20(30-2)10-8-19)16-18-6-5-17(15-21(18)24)22(28)31-3/h4-9,14H,3,10-13,15-16,25H2,1-2H3;5-10,15H,4,11-14,16H2,1-3H3. The third kappa shape index (κ3) is 12.0. The molecule has 2 N–H and O–H groups in total. The first-order valence-electron chi connectivity index (χ1n) is 20.7. The first-order chi connectivity index (χ1) is 29.9. The molecule has 0 bridgehead atoms. The fraction of sp³-hybridized carbons (Fsp3) is 0.391. The Bertz CT molecular complexity index is 1970. The molecule has 62 heavy (non-hydrogen) atoms. The van der Waals surface area contributed by atoms with Crippen LogP contribution in [0.5, 0.6) is 11.5 Å². The molecule has 0 radical (unpaired) electrons. The van der Waals surface area contributed by atoms with Crippen LogP contribution in [0.2, 0.25) is 0 Å². The molecule has 0 aromatic heterocycles. The molecule has 332 valence electrons. The molecule has 2 aliphatic rings. The van der Waals surface area contributed by atoms with E-state index in [1.54, 1.807) is 88.4 Å². The van der Waals surface area contributed by atoms with Crippen molar-refractivity contribution in [1.29, 1.82) is 0 Å². The molecule has 0 saturated carbocycles. The molecule has 4 aromatic rings. The minimum absolute atomic E-state index is 0.0342. The minimum Gasteiger partial charge on any atom is -0.497 e. The van der Waals surface area contributed by atoms with E-state index in [0.717, 1.165) is 45.3 Å². The molecule has 0 unspecified atom stereocenters. The average molecular weight is 858 g/mol. The van der Waals surface area contributed by atoms with Crippen LogP contribution < -0.4 is 25.0 Å². The van der Waals surface area contributed by atoms with Gasteiger partial charge >= 0.3 is 18.0 Å². The Morgan fingerprint density at radius 2 is 0.968 bits per heavy atom. The van der Waals surface area contributed by atoms with Gasteiger partial charge in [-0.3, -0.25) is 14.6 Å². The van der Waals surface area contributed by atoms with E-state index in [9.17, 15) is 28.0 Å². The van der Waals surface area contributed by atoms with Gasteiger partial charge in [0.1, 0.15) is 23.1 Å². The van der Waals surface area contributed by atoms with Crippen molar-refractivity contribution in [1.82, 2.24) is 19.6 Å². The number of amides is 4. The van der Waals surface area contributed by atoms with Gasteiger partial charge in [-0.05, 0) is 79.8 Å². The van der Waals surface area contributed by atoms with E-state index >= 15 is 0 Å². The normalized spacial score (nSPS) is 14.3. The molecule has 6 rings (SSSR count). The third-order valence-corrected chi connectivity index (χ3v) is 11.1. The number of urea groups is 2. The summed E-state index contributed by atoms with van der Waals surface area (Å²) in [5, 5.41) is 0. The highest BCUT2D eigenvalue weighted by molar-refractivity contribution is 5.97. The molecule has 4 amide bonds. The number of likely N-dealkylation sites (N-methyl/N-ethyl adjacent to an activating group) is 2. The number of ketones is 1. The van der Waals surface area contributed by atoms with E-state index in [1.165, 1.54) is 31.4 Å². The average Bonchev–Trinajstić information content (AvgIpc) is 3.32. The van der Waals surface area contributed by atoms with E-state index in [4.69, 9.17) is 15.2 Å². The molecule has 0 atom stereocenters. The number of carbonyl (C=O) groups excluding carboxylic acids is 4. The Hall–Kier alpha value is -6.10. The van der Waals surface area contributed by atoms with Crippen LogP contribution in [0.1, 0.15) is 45.7 Å². The minimum atomic E-state index is -0.609. The highest BCUT2D eigenvalue weighted by Gasteiger charge is 2.29. The quantitative estimate of drug-likeness (QED) is 0.124. The number of anilines is 2. The Kier molecular flexibility index (Phi) is 17.2. The van der Waals surface area contributed by atoms with Gasteiger partial charge in [-0.1, -0.05) is 32.0 Å². The number of ether oxygens (including phenoxy) is 3. The number of rotatable bonds is 13. The lowest BCUT2D eigenvalue weighted by atomic mass is 10.1. The number of piperazine rings is 2. The largest absolute Gasteiger partial charge is 0.497 e. The van der Waals surface area contributed by atoms with Crippen LogP contribution in [0.3, 0.4) is 0 Å². The maximum atomic E-state index is 14.8. The van der Waals surface area contributed by atoms with Gasteiger partial charge in [-0.2, -0.15) is 0 Å². The molecule has 2 heterocycles.